The highest BCUT2D eigenvalue weighted by Gasteiger charge is 2.18. The van der Waals surface area contributed by atoms with E-state index in [1.165, 1.54) is 0 Å². The summed E-state index contributed by atoms with van der Waals surface area (Å²) in [5.74, 6) is 1.61. The molecule has 3 heterocycles. The van der Waals surface area contributed by atoms with Crippen molar-refractivity contribution in [1.29, 1.82) is 0 Å². The molecule has 0 bridgehead atoms. The normalized spacial score (nSPS) is 13.0. The number of rotatable bonds is 1. The first-order chi connectivity index (χ1) is 9.74. The lowest BCUT2D eigenvalue weighted by Crippen LogP contribution is -1.92. The van der Waals surface area contributed by atoms with Crippen LogP contribution in [0.25, 0.3) is 22.2 Å². The monoisotopic (exact) mass is 269 g/mol. The number of hydrogen-bond acceptors (Lipinski definition) is 6. The van der Waals surface area contributed by atoms with Crippen molar-refractivity contribution < 1.29 is 13.9 Å². The van der Waals surface area contributed by atoms with Gasteiger partial charge in [0.25, 0.3) is 0 Å². The number of nitrogen functional groups attached to an aromatic ring is 2. The number of pyridine rings is 1. The Morgan fingerprint density at radius 1 is 1.05 bits per heavy atom. The first kappa shape index (κ1) is 11.0. The van der Waals surface area contributed by atoms with Crippen molar-refractivity contribution >= 4 is 22.5 Å². The molecule has 1 aromatic carbocycles. The summed E-state index contributed by atoms with van der Waals surface area (Å²) in [6.07, 6.45) is 1.67. The highest BCUT2D eigenvalue weighted by molar-refractivity contribution is 6.01. The summed E-state index contributed by atoms with van der Waals surface area (Å²) < 4.78 is 16.2. The molecule has 20 heavy (non-hydrogen) atoms. The maximum atomic E-state index is 5.88. The van der Waals surface area contributed by atoms with Crippen LogP contribution in [0.1, 0.15) is 0 Å². The maximum absolute atomic E-state index is 5.88. The van der Waals surface area contributed by atoms with Crippen LogP contribution in [0, 0.1) is 0 Å². The lowest BCUT2D eigenvalue weighted by Gasteiger charge is -2.03. The second-order valence-electron chi connectivity index (χ2n) is 4.48. The molecule has 0 saturated heterocycles. The maximum Gasteiger partial charge on any atom is 0.231 e. The number of aromatic nitrogens is 1. The number of anilines is 2. The Bertz CT molecular complexity index is 826. The molecule has 1 aliphatic heterocycles. The molecule has 6 nitrogen and oxygen atoms in total. The fraction of sp³-hybridized carbons (Fsp3) is 0.0714. The molecular formula is C14H11N3O3. The Balaban J connectivity index is 1.96. The zero-order chi connectivity index (χ0) is 13.7. The van der Waals surface area contributed by atoms with E-state index in [2.05, 4.69) is 4.98 Å². The Morgan fingerprint density at radius 3 is 2.80 bits per heavy atom. The van der Waals surface area contributed by atoms with Crippen LogP contribution in [-0.2, 0) is 0 Å². The van der Waals surface area contributed by atoms with Crippen molar-refractivity contribution in [2.24, 2.45) is 0 Å². The van der Waals surface area contributed by atoms with E-state index in [1.807, 2.05) is 18.2 Å². The molecule has 0 fully saturated rings. The number of nitrogens with zero attached hydrogens (tertiary/aromatic N) is 1. The summed E-state index contributed by atoms with van der Waals surface area (Å²) in [5, 5.41) is 0.755. The molecule has 4 rings (SSSR count). The second kappa shape index (κ2) is 3.80. The lowest BCUT2D eigenvalue weighted by atomic mass is 10.1. The third-order valence-electron chi connectivity index (χ3n) is 3.32. The highest BCUT2D eigenvalue weighted by Crippen LogP contribution is 2.39. The van der Waals surface area contributed by atoms with Gasteiger partial charge in [0.05, 0.1) is 0 Å². The van der Waals surface area contributed by atoms with Crippen molar-refractivity contribution in [3.63, 3.8) is 0 Å². The quantitative estimate of drug-likeness (QED) is 0.704. The zero-order valence-corrected chi connectivity index (χ0v) is 10.4. The number of fused-ring (bicyclic) bond motifs is 2. The van der Waals surface area contributed by atoms with E-state index in [0.717, 1.165) is 16.7 Å². The summed E-state index contributed by atoms with van der Waals surface area (Å²) in [6.45, 7) is 0.233. The Labute approximate surface area is 113 Å². The van der Waals surface area contributed by atoms with Gasteiger partial charge in [-0.2, -0.15) is 0 Å². The molecule has 1 aliphatic rings. The van der Waals surface area contributed by atoms with E-state index in [1.54, 1.807) is 12.3 Å². The van der Waals surface area contributed by atoms with Crippen LogP contribution >= 0.6 is 0 Å². The molecule has 0 amide bonds. The summed E-state index contributed by atoms with van der Waals surface area (Å²) in [5.41, 5.74) is 14.1. The van der Waals surface area contributed by atoms with Gasteiger partial charge in [-0.05, 0) is 24.3 Å². The Hall–Kier alpha value is -2.89. The minimum Gasteiger partial charge on any atom is -0.454 e. The minimum atomic E-state index is 0.204. The van der Waals surface area contributed by atoms with Gasteiger partial charge in [-0.15, -0.1) is 0 Å². The lowest BCUT2D eigenvalue weighted by molar-refractivity contribution is 0.174. The van der Waals surface area contributed by atoms with E-state index in [4.69, 9.17) is 25.4 Å². The Kier molecular flexibility index (Phi) is 2.09. The molecular weight excluding hydrogens is 258 g/mol. The van der Waals surface area contributed by atoms with Gasteiger partial charge in [-0.3, -0.25) is 4.98 Å². The summed E-state index contributed by atoms with van der Waals surface area (Å²) in [4.78, 5) is 4.36. The fourth-order valence-corrected chi connectivity index (χ4v) is 2.31. The number of benzene rings is 1. The van der Waals surface area contributed by atoms with Crippen molar-refractivity contribution in [2.45, 2.75) is 0 Å². The van der Waals surface area contributed by atoms with Crippen molar-refractivity contribution in [2.75, 3.05) is 18.3 Å². The standard InChI is InChI=1S/C14H11N3O3/c15-11-8-3-4-17-12(13(8)20-14(11)16)7-1-2-9-10(5-7)19-6-18-9/h1-5H,6,15-16H2. The van der Waals surface area contributed by atoms with Gasteiger partial charge in [0.2, 0.25) is 12.7 Å². The van der Waals surface area contributed by atoms with Crippen LogP contribution in [0.15, 0.2) is 34.9 Å². The second-order valence-corrected chi connectivity index (χ2v) is 4.48. The predicted octanol–water partition coefficient (Wildman–Crippen LogP) is 2.39. The van der Waals surface area contributed by atoms with E-state index in [-0.39, 0.29) is 12.7 Å². The van der Waals surface area contributed by atoms with Gasteiger partial charge in [0.15, 0.2) is 17.1 Å². The molecule has 6 heteroatoms. The highest BCUT2D eigenvalue weighted by atomic mass is 16.7. The van der Waals surface area contributed by atoms with Gasteiger partial charge in [-0.25, -0.2) is 0 Å². The molecule has 0 saturated carbocycles. The van der Waals surface area contributed by atoms with Crippen LogP contribution < -0.4 is 20.9 Å². The number of furan rings is 1. The SMILES string of the molecule is Nc1oc2c(-c3ccc4c(c3)OCO4)nccc2c1N. The van der Waals surface area contributed by atoms with Crippen LogP contribution in [0.3, 0.4) is 0 Å². The third-order valence-corrected chi connectivity index (χ3v) is 3.32. The van der Waals surface area contributed by atoms with Gasteiger partial charge < -0.3 is 25.4 Å². The van der Waals surface area contributed by atoms with E-state index < -0.39 is 0 Å². The van der Waals surface area contributed by atoms with Crippen LogP contribution in [0.5, 0.6) is 11.5 Å². The smallest absolute Gasteiger partial charge is 0.231 e. The molecule has 0 radical (unpaired) electrons. The van der Waals surface area contributed by atoms with Gasteiger partial charge >= 0.3 is 0 Å². The largest absolute Gasteiger partial charge is 0.454 e. The van der Waals surface area contributed by atoms with E-state index in [9.17, 15) is 0 Å². The topological polar surface area (TPSA) is 96.5 Å². The van der Waals surface area contributed by atoms with Crippen LogP contribution in [0.2, 0.25) is 0 Å². The van der Waals surface area contributed by atoms with Gasteiger partial charge in [-0.1, -0.05) is 0 Å². The summed E-state index contributed by atoms with van der Waals surface area (Å²) >= 11 is 0. The first-order valence-corrected chi connectivity index (χ1v) is 6.06. The molecule has 3 aromatic rings. The first-order valence-electron chi connectivity index (χ1n) is 6.06. The molecule has 4 N–H and O–H groups in total. The van der Waals surface area contributed by atoms with Crippen LogP contribution in [-0.4, -0.2) is 11.8 Å². The average Bonchev–Trinajstić information content (AvgIpc) is 3.04. The van der Waals surface area contributed by atoms with Crippen molar-refractivity contribution in [3.05, 3.63) is 30.5 Å². The molecule has 0 aliphatic carbocycles. The number of ether oxygens (including phenoxy) is 2. The zero-order valence-electron chi connectivity index (χ0n) is 10.4. The molecule has 2 aromatic heterocycles. The molecule has 0 atom stereocenters. The molecule has 0 spiro atoms. The molecule has 0 unspecified atom stereocenters. The Morgan fingerprint density at radius 2 is 1.90 bits per heavy atom. The fourth-order valence-electron chi connectivity index (χ4n) is 2.31. The average molecular weight is 269 g/mol. The van der Waals surface area contributed by atoms with Crippen molar-refractivity contribution in [1.82, 2.24) is 4.98 Å². The van der Waals surface area contributed by atoms with Gasteiger partial charge in [0.1, 0.15) is 11.4 Å². The third kappa shape index (κ3) is 1.41. The van der Waals surface area contributed by atoms with E-state index >= 15 is 0 Å². The van der Waals surface area contributed by atoms with Gasteiger partial charge in [0, 0.05) is 17.1 Å². The number of nitrogens with two attached hydrogens (primary N) is 2. The van der Waals surface area contributed by atoms with E-state index in [0.29, 0.717) is 22.7 Å². The summed E-state index contributed by atoms with van der Waals surface area (Å²) in [6, 6.07) is 7.37. The molecule has 100 valence electrons. The number of hydrogen-bond donors (Lipinski definition) is 2. The van der Waals surface area contributed by atoms with Crippen LogP contribution in [0.4, 0.5) is 11.6 Å². The predicted molar refractivity (Wildman–Crippen MR) is 74.4 cm³/mol. The summed E-state index contributed by atoms with van der Waals surface area (Å²) in [7, 11) is 0. The minimum absolute atomic E-state index is 0.204. The van der Waals surface area contributed by atoms with Crippen molar-refractivity contribution in [3.8, 4) is 22.8 Å².